The zero-order valence-electron chi connectivity index (χ0n) is 18.7. The average Bonchev–Trinajstić information content (AvgIpc) is 2.92. The van der Waals surface area contributed by atoms with E-state index in [4.69, 9.17) is 14.2 Å². The highest BCUT2D eigenvalue weighted by atomic mass is 16.6. The molecule has 0 aromatic heterocycles. The van der Waals surface area contributed by atoms with E-state index in [2.05, 4.69) is 19.1 Å². The topological polar surface area (TPSA) is 68.2 Å². The smallest absolute Gasteiger partial charge is 0.109 e. The highest BCUT2D eigenvalue weighted by molar-refractivity contribution is 5.14. The van der Waals surface area contributed by atoms with Gasteiger partial charge in [-0.3, -0.25) is 0 Å². The lowest BCUT2D eigenvalue weighted by atomic mass is 9.91. The predicted octanol–water partition coefficient (Wildman–Crippen LogP) is 4.11. The molecule has 0 radical (unpaired) electrons. The van der Waals surface area contributed by atoms with E-state index in [0.717, 1.165) is 17.5 Å². The van der Waals surface area contributed by atoms with Gasteiger partial charge in [0.2, 0.25) is 0 Å². The summed E-state index contributed by atoms with van der Waals surface area (Å²) in [5.41, 5.74) is 1.18. The molecule has 1 heterocycles. The van der Waals surface area contributed by atoms with Crippen LogP contribution in [-0.4, -0.2) is 47.3 Å². The fourth-order valence-electron chi connectivity index (χ4n) is 4.08. The van der Waals surface area contributed by atoms with Gasteiger partial charge in [-0.25, -0.2) is 0 Å². The van der Waals surface area contributed by atoms with Gasteiger partial charge in [0.1, 0.15) is 6.10 Å². The van der Waals surface area contributed by atoms with Crippen LogP contribution < -0.4 is 0 Å². The maximum absolute atomic E-state index is 10.8. The van der Waals surface area contributed by atoms with Gasteiger partial charge in [-0.1, -0.05) is 67.6 Å². The van der Waals surface area contributed by atoms with E-state index in [9.17, 15) is 10.2 Å². The second-order valence-electron chi connectivity index (χ2n) is 8.81. The minimum atomic E-state index is -1.08. The minimum absolute atomic E-state index is 0.152. The number of rotatable bonds is 10. The van der Waals surface area contributed by atoms with Crippen LogP contribution in [0.5, 0.6) is 0 Å². The molecule has 5 atom stereocenters. The first kappa shape index (κ1) is 23.9. The molecule has 0 amide bonds. The highest BCUT2D eigenvalue weighted by Gasteiger charge is 2.42. The Morgan fingerprint density at radius 1 is 1.03 bits per heavy atom. The van der Waals surface area contributed by atoms with E-state index in [-0.39, 0.29) is 24.7 Å². The average molecular weight is 429 g/mol. The molecule has 3 rings (SSSR count). The molecule has 0 saturated carbocycles. The van der Waals surface area contributed by atoms with Crippen molar-refractivity contribution >= 4 is 0 Å². The molecule has 5 heteroatoms. The lowest BCUT2D eigenvalue weighted by molar-refractivity contribution is -0.167. The Morgan fingerprint density at radius 3 is 2.26 bits per heavy atom. The molecule has 31 heavy (non-hydrogen) atoms. The Hall–Kier alpha value is -1.76. The van der Waals surface area contributed by atoms with Gasteiger partial charge in [0.05, 0.1) is 37.6 Å². The van der Waals surface area contributed by atoms with Crippen LogP contribution in [0.3, 0.4) is 0 Å². The van der Waals surface area contributed by atoms with Gasteiger partial charge in [-0.2, -0.15) is 0 Å². The maximum Gasteiger partial charge on any atom is 0.109 e. The first-order valence-corrected chi connectivity index (χ1v) is 11.3. The number of hydrogen-bond donors (Lipinski definition) is 2. The SMILES string of the molecule is C[C@H](CCOCc1ccccc1)[C@H]1O[C@@H](CO)[C@](C)(O)CC[C@@H]1OCc1ccccc1. The Labute approximate surface area is 186 Å². The molecule has 2 aromatic carbocycles. The van der Waals surface area contributed by atoms with E-state index in [1.807, 2.05) is 48.5 Å². The predicted molar refractivity (Wildman–Crippen MR) is 121 cm³/mol. The van der Waals surface area contributed by atoms with Crippen LogP contribution in [0.2, 0.25) is 0 Å². The summed E-state index contributed by atoms with van der Waals surface area (Å²) >= 11 is 0. The quantitative estimate of drug-likeness (QED) is 0.558. The van der Waals surface area contributed by atoms with Crippen molar-refractivity contribution in [1.82, 2.24) is 0 Å². The summed E-state index contributed by atoms with van der Waals surface area (Å²) in [6.45, 7) is 5.34. The third-order valence-corrected chi connectivity index (χ3v) is 6.18. The van der Waals surface area contributed by atoms with Crippen LogP contribution in [0.1, 0.15) is 44.2 Å². The minimum Gasteiger partial charge on any atom is -0.394 e. The molecule has 2 N–H and O–H groups in total. The Kier molecular flexibility index (Phi) is 9.05. The van der Waals surface area contributed by atoms with Gasteiger partial charge < -0.3 is 24.4 Å². The molecular formula is C26H36O5. The standard InChI is InChI=1S/C26H36O5/c1-20(14-16-29-18-21-9-5-3-6-10-21)25-23(30-19-22-11-7-4-8-12-22)13-15-26(2,28)24(17-27)31-25/h3-12,20,23-25,27-28H,13-19H2,1-2H3/t20-,23+,24+,25-,26-/m1/s1. The second kappa shape index (κ2) is 11.7. The number of ether oxygens (including phenoxy) is 3. The first-order chi connectivity index (χ1) is 15.0. The summed E-state index contributed by atoms with van der Waals surface area (Å²) in [4.78, 5) is 0. The molecule has 0 unspecified atom stereocenters. The molecule has 1 fully saturated rings. The van der Waals surface area contributed by atoms with Crippen LogP contribution in [0, 0.1) is 5.92 Å². The molecule has 5 nitrogen and oxygen atoms in total. The van der Waals surface area contributed by atoms with Crippen LogP contribution >= 0.6 is 0 Å². The zero-order valence-corrected chi connectivity index (χ0v) is 18.7. The fourth-order valence-corrected chi connectivity index (χ4v) is 4.08. The Morgan fingerprint density at radius 2 is 1.65 bits per heavy atom. The zero-order chi connectivity index (χ0) is 22.1. The maximum atomic E-state index is 10.8. The molecule has 1 aliphatic heterocycles. The van der Waals surface area contributed by atoms with Gasteiger partial charge in [-0.15, -0.1) is 0 Å². The molecule has 0 aliphatic carbocycles. The van der Waals surface area contributed by atoms with Crippen molar-refractivity contribution in [2.24, 2.45) is 5.92 Å². The molecule has 170 valence electrons. The lowest BCUT2D eigenvalue weighted by Crippen LogP contribution is -2.45. The molecule has 0 bridgehead atoms. The summed E-state index contributed by atoms with van der Waals surface area (Å²) < 4.78 is 18.4. The summed E-state index contributed by atoms with van der Waals surface area (Å²) in [6, 6.07) is 20.2. The van der Waals surface area contributed by atoms with Gasteiger partial charge in [0, 0.05) is 6.61 Å². The van der Waals surface area contributed by atoms with Crippen LogP contribution in [0.15, 0.2) is 60.7 Å². The first-order valence-electron chi connectivity index (χ1n) is 11.3. The van der Waals surface area contributed by atoms with Gasteiger partial charge in [0.15, 0.2) is 0 Å². The summed E-state index contributed by atoms with van der Waals surface area (Å²) in [6.07, 6.45) is 0.989. The van der Waals surface area contributed by atoms with Crippen molar-refractivity contribution in [3.63, 3.8) is 0 Å². The Bertz CT molecular complexity index is 749. The normalized spacial score (nSPS) is 27.5. The van der Waals surface area contributed by atoms with Crippen molar-refractivity contribution in [2.45, 2.75) is 70.2 Å². The molecule has 0 spiro atoms. The number of aliphatic hydroxyl groups excluding tert-OH is 1. The molecule has 2 aromatic rings. The molecule has 1 aliphatic rings. The van der Waals surface area contributed by atoms with Gasteiger partial charge >= 0.3 is 0 Å². The van der Waals surface area contributed by atoms with Gasteiger partial charge in [-0.05, 0) is 43.2 Å². The fraction of sp³-hybridized carbons (Fsp3) is 0.538. The summed E-state index contributed by atoms with van der Waals surface area (Å²) in [7, 11) is 0. The van der Waals surface area contributed by atoms with Crippen molar-refractivity contribution in [1.29, 1.82) is 0 Å². The largest absolute Gasteiger partial charge is 0.394 e. The number of benzene rings is 2. The number of hydrogen-bond acceptors (Lipinski definition) is 5. The summed E-state index contributed by atoms with van der Waals surface area (Å²) in [5.74, 6) is 0.152. The van der Waals surface area contributed by atoms with Crippen LogP contribution in [0.25, 0.3) is 0 Å². The molecule has 1 saturated heterocycles. The third-order valence-electron chi connectivity index (χ3n) is 6.18. The van der Waals surface area contributed by atoms with Crippen molar-refractivity contribution in [3.05, 3.63) is 71.8 Å². The highest BCUT2D eigenvalue weighted by Crippen LogP contribution is 2.33. The van der Waals surface area contributed by atoms with Gasteiger partial charge in [0.25, 0.3) is 0 Å². The van der Waals surface area contributed by atoms with E-state index >= 15 is 0 Å². The third kappa shape index (κ3) is 7.13. The molecular weight excluding hydrogens is 392 g/mol. The lowest BCUT2D eigenvalue weighted by Gasteiger charge is -2.34. The van der Waals surface area contributed by atoms with E-state index in [0.29, 0.717) is 32.7 Å². The summed E-state index contributed by atoms with van der Waals surface area (Å²) in [5, 5.41) is 20.6. The number of aliphatic hydroxyl groups is 2. The van der Waals surface area contributed by atoms with E-state index in [1.165, 1.54) is 0 Å². The van der Waals surface area contributed by atoms with Crippen LogP contribution in [-0.2, 0) is 27.4 Å². The second-order valence-corrected chi connectivity index (χ2v) is 8.81. The van der Waals surface area contributed by atoms with Crippen molar-refractivity contribution in [3.8, 4) is 0 Å². The van der Waals surface area contributed by atoms with Crippen molar-refractivity contribution in [2.75, 3.05) is 13.2 Å². The van der Waals surface area contributed by atoms with E-state index < -0.39 is 11.7 Å². The monoisotopic (exact) mass is 428 g/mol. The van der Waals surface area contributed by atoms with Crippen molar-refractivity contribution < 1.29 is 24.4 Å². The van der Waals surface area contributed by atoms with E-state index in [1.54, 1.807) is 6.92 Å². The van der Waals surface area contributed by atoms with Crippen LogP contribution in [0.4, 0.5) is 0 Å². The Balaban J connectivity index is 1.60.